The van der Waals surface area contributed by atoms with Crippen molar-refractivity contribution in [2.75, 3.05) is 6.26 Å². The van der Waals surface area contributed by atoms with Crippen molar-refractivity contribution in [1.82, 2.24) is 4.72 Å². The van der Waals surface area contributed by atoms with E-state index in [1.807, 2.05) is 0 Å². The highest BCUT2D eigenvalue weighted by Crippen LogP contribution is 2.17. The maximum absolute atomic E-state index is 11.2. The Hall–Kier alpha value is -1.32. The fourth-order valence-electron chi connectivity index (χ4n) is 0.996. The highest BCUT2D eigenvalue weighted by molar-refractivity contribution is 8.12. The monoisotopic (exact) mass is 313 g/mol. The number of rotatable bonds is 3. The normalized spacial score (nSPS) is 11.9. The minimum absolute atomic E-state index is 0.0680. The van der Waals surface area contributed by atoms with Crippen LogP contribution in [0.2, 0.25) is 0 Å². The third-order valence-corrected chi connectivity index (χ3v) is 3.40. The molecule has 0 aliphatic carbocycles. The van der Waals surface area contributed by atoms with Gasteiger partial charge in [0.25, 0.3) is 0 Å². The topological polar surface area (TPSA) is 107 Å². The zero-order chi connectivity index (χ0) is 14.0. The maximum atomic E-state index is 11.2. The number of hydrogen-bond donors (Lipinski definition) is 1. The molecule has 0 heterocycles. The maximum Gasteiger partial charge on any atom is 0.427 e. The smallest absolute Gasteiger partial charge is 0.410 e. The van der Waals surface area contributed by atoms with E-state index in [2.05, 4.69) is 4.74 Å². The number of halogens is 1. The minimum atomic E-state index is -4.25. The van der Waals surface area contributed by atoms with Crippen molar-refractivity contribution >= 4 is 35.8 Å². The summed E-state index contributed by atoms with van der Waals surface area (Å²) >= 11 is 0. The first-order valence-corrected chi connectivity index (χ1v) is 8.52. The van der Waals surface area contributed by atoms with Gasteiger partial charge in [-0.15, -0.1) is 0 Å². The molecule has 1 N–H and O–H groups in total. The van der Waals surface area contributed by atoms with E-state index in [1.165, 1.54) is 22.9 Å². The van der Waals surface area contributed by atoms with Gasteiger partial charge in [0.1, 0.15) is 5.75 Å². The zero-order valence-electron chi connectivity index (χ0n) is 8.95. The van der Waals surface area contributed by atoms with Crippen molar-refractivity contribution in [3.8, 4) is 5.75 Å². The van der Waals surface area contributed by atoms with Crippen LogP contribution in [-0.4, -0.2) is 29.2 Å². The summed E-state index contributed by atoms with van der Waals surface area (Å²) in [5.74, 6) is -0.129. The molecule has 0 unspecified atom stereocenters. The molecule has 10 heteroatoms. The van der Waals surface area contributed by atoms with Gasteiger partial charge in [0.2, 0.25) is 0 Å². The van der Waals surface area contributed by atoms with E-state index < -0.39 is 25.2 Å². The van der Waals surface area contributed by atoms with Crippen LogP contribution in [0.4, 0.5) is 4.79 Å². The van der Waals surface area contributed by atoms with Gasteiger partial charge in [0, 0.05) is 16.9 Å². The fourth-order valence-corrected chi connectivity index (χ4v) is 2.08. The van der Waals surface area contributed by atoms with E-state index in [9.17, 15) is 21.6 Å². The number of benzene rings is 1. The second-order valence-corrected chi connectivity index (χ2v) is 7.49. The van der Waals surface area contributed by atoms with E-state index >= 15 is 0 Å². The minimum Gasteiger partial charge on any atom is -0.410 e. The highest BCUT2D eigenvalue weighted by Gasteiger charge is 2.14. The van der Waals surface area contributed by atoms with E-state index in [-0.39, 0.29) is 10.6 Å². The number of carbonyl (C=O) groups is 1. The fraction of sp³-hybridized carbons (Fsp3) is 0.125. The summed E-state index contributed by atoms with van der Waals surface area (Å²) < 4.78 is 49.4. The van der Waals surface area contributed by atoms with E-state index in [0.717, 1.165) is 12.3 Å². The lowest BCUT2D eigenvalue weighted by atomic mass is 10.3. The third kappa shape index (κ3) is 4.90. The number of nitrogens with one attached hydrogen (secondary N) is 1. The predicted octanol–water partition coefficient (Wildman–Crippen LogP) is 0.662. The SMILES string of the molecule is CS(=O)(=O)c1cccc(OC(=O)NS(=O)(=O)Cl)c1. The lowest BCUT2D eigenvalue weighted by molar-refractivity contribution is 0.207. The molecule has 0 bridgehead atoms. The second-order valence-electron chi connectivity index (χ2n) is 3.18. The predicted molar refractivity (Wildman–Crippen MR) is 63.5 cm³/mol. The van der Waals surface area contributed by atoms with Gasteiger partial charge < -0.3 is 4.74 Å². The van der Waals surface area contributed by atoms with Crippen LogP contribution in [0.15, 0.2) is 29.2 Å². The molecule has 1 amide bonds. The lowest BCUT2D eigenvalue weighted by Crippen LogP contribution is -2.29. The van der Waals surface area contributed by atoms with Gasteiger partial charge >= 0.3 is 15.3 Å². The first-order valence-electron chi connectivity index (χ1n) is 4.32. The van der Waals surface area contributed by atoms with Crippen LogP contribution >= 0.6 is 10.7 Å². The molecule has 0 radical (unpaired) electrons. The molecule has 0 aliphatic heterocycles. The molecule has 0 saturated heterocycles. The molecule has 7 nitrogen and oxygen atoms in total. The number of ether oxygens (including phenoxy) is 1. The molecule has 0 atom stereocenters. The molecule has 0 fully saturated rings. The molecular formula is C8H8ClNO6S2. The van der Waals surface area contributed by atoms with Gasteiger partial charge in [-0.05, 0) is 18.2 Å². The Kier molecular flexibility index (Phi) is 4.20. The molecule has 0 aliphatic rings. The number of carbonyl (C=O) groups excluding carboxylic acids is 1. The molecular weight excluding hydrogens is 306 g/mol. The van der Waals surface area contributed by atoms with Crippen LogP contribution in [0.5, 0.6) is 5.75 Å². The van der Waals surface area contributed by atoms with E-state index in [1.54, 1.807) is 0 Å². The number of hydrogen-bond acceptors (Lipinski definition) is 6. The summed E-state index contributed by atoms with van der Waals surface area (Å²) in [6.45, 7) is 0. The summed E-state index contributed by atoms with van der Waals surface area (Å²) in [6, 6.07) is 5.01. The first-order chi connectivity index (χ1) is 8.08. The molecule has 100 valence electrons. The quantitative estimate of drug-likeness (QED) is 0.822. The second kappa shape index (κ2) is 5.12. The van der Waals surface area contributed by atoms with Crippen molar-refractivity contribution in [2.45, 2.75) is 4.90 Å². The van der Waals surface area contributed by atoms with Crippen LogP contribution < -0.4 is 9.46 Å². The van der Waals surface area contributed by atoms with Gasteiger partial charge in [-0.2, -0.15) is 8.42 Å². The van der Waals surface area contributed by atoms with Crippen LogP contribution in [0.1, 0.15) is 0 Å². The first kappa shape index (κ1) is 14.7. The molecule has 1 rings (SSSR count). The Balaban J connectivity index is 2.90. The van der Waals surface area contributed by atoms with Crippen LogP contribution in [0, 0.1) is 0 Å². The number of amides is 1. The van der Waals surface area contributed by atoms with Gasteiger partial charge in [0.05, 0.1) is 4.90 Å². The lowest BCUT2D eigenvalue weighted by Gasteiger charge is -2.05. The van der Waals surface area contributed by atoms with Gasteiger partial charge in [-0.25, -0.2) is 17.9 Å². The van der Waals surface area contributed by atoms with Crippen LogP contribution in [0.25, 0.3) is 0 Å². The van der Waals surface area contributed by atoms with Crippen molar-refractivity contribution in [3.05, 3.63) is 24.3 Å². The van der Waals surface area contributed by atoms with Crippen molar-refractivity contribution in [3.63, 3.8) is 0 Å². The Morgan fingerprint density at radius 1 is 1.28 bits per heavy atom. The van der Waals surface area contributed by atoms with Crippen LogP contribution in [0.3, 0.4) is 0 Å². The average molecular weight is 314 g/mol. The Morgan fingerprint density at radius 2 is 1.89 bits per heavy atom. The summed E-state index contributed by atoms with van der Waals surface area (Å²) in [6.07, 6.45) is -0.356. The van der Waals surface area contributed by atoms with Crippen molar-refractivity contribution in [2.24, 2.45) is 0 Å². The van der Waals surface area contributed by atoms with Crippen LogP contribution in [-0.2, 0) is 19.1 Å². The molecule has 0 saturated carbocycles. The van der Waals surface area contributed by atoms with Crippen molar-refractivity contribution < 1.29 is 26.4 Å². The summed E-state index contributed by atoms with van der Waals surface area (Å²) in [5.41, 5.74) is 0. The zero-order valence-corrected chi connectivity index (χ0v) is 11.3. The van der Waals surface area contributed by atoms with Crippen molar-refractivity contribution in [1.29, 1.82) is 0 Å². The summed E-state index contributed by atoms with van der Waals surface area (Å²) in [4.78, 5) is 11.0. The average Bonchev–Trinajstić information content (AvgIpc) is 2.13. The van der Waals surface area contributed by atoms with Gasteiger partial charge in [-0.3, -0.25) is 0 Å². The van der Waals surface area contributed by atoms with E-state index in [4.69, 9.17) is 10.7 Å². The summed E-state index contributed by atoms with van der Waals surface area (Å²) in [7, 11) is -2.94. The highest BCUT2D eigenvalue weighted by atomic mass is 35.7. The largest absolute Gasteiger partial charge is 0.427 e. The third-order valence-electron chi connectivity index (χ3n) is 1.65. The standard InChI is InChI=1S/C8H8ClNO6S2/c1-17(12,13)7-4-2-3-6(5-7)16-8(11)10-18(9,14)15/h2-5H,1H3,(H,10,11). The summed E-state index contributed by atoms with van der Waals surface area (Å²) in [5, 5.41) is 0. The molecule has 1 aromatic rings. The Labute approximate surface area is 108 Å². The van der Waals surface area contributed by atoms with Gasteiger partial charge in [0.15, 0.2) is 9.84 Å². The molecule has 1 aromatic carbocycles. The van der Waals surface area contributed by atoms with E-state index in [0.29, 0.717) is 0 Å². The Bertz CT molecular complexity index is 667. The molecule has 18 heavy (non-hydrogen) atoms. The Morgan fingerprint density at radius 3 is 2.39 bits per heavy atom. The number of sulfone groups is 1. The molecule has 0 spiro atoms. The molecule has 0 aromatic heterocycles. The van der Waals surface area contributed by atoms with Gasteiger partial charge in [-0.1, -0.05) is 6.07 Å².